The van der Waals surface area contributed by atoms with Gasteiger partial charge in [-0.05, 0) is 26.2 Å². The molecule has 0 radical (unpaired) electrons. The summed E-state index contributed by atoms with van der Waals surface area (Å²) in [4.78, 5) is 20.0. The van der Waals surface area contributed by atoms with E-state index in [-0.39, 0.29) is 0 Å². The molecule has 0 aromatic carbocycles. The molecule has 1 aliphatic carbocycles. The molecular weight excluding hydrogens is 266 g/mol. The van der Waals surface area contributed by atoms with Gasteiger partial charge in [0, 0.05) is 31.5 Å². The molecule has 7 heteroatoms. The first-order chi connectivity index (χ1) is 10.3. The first-order valence-electron chi connectivity index (χ1n) is 7.56. The van der Waals surface area contributed by atoms with Gasteiger partial charge in [-0.1, -0.05) is 6.92 Å². The molecule has 2 aromatic heterocycles. The van der Waals surface area contributed by atoms with Gasteiger partial charge in [0.2, 0.25) is 17.8 Å². The van der Waals surface area contributed by atoms with Crippen molar-refractivity contribution in [2.75, 3.05) is 23.3 Å². The Balaban J connectivity index is 1.97. The lowest BCUT2D eigenvalue weighted by atomic mass is 10.4. The Bertz CT molecular complexity index is 577. The summed E-state index contributed by atoms with van der Waals surface area (Å²) in [5.74, 6) is 1.98. The van der Waals surface area contributed by atoms with Crippen molar-refractivity contribution in [2.45, 2.75) is 39.2 Å². The van der Waals surface area contributed by atoms with E-state index in [0.29, 0.717) is 17.9 Å². The van der Waals surface area contributed by atoms with E-state index in [0.717, 1.165) is 25.5 Å². The minimum absolute atomic E-state index is 0.581. The maximum atomic E-state index is 4.62. The van der Waals surface area contributed by atoms with Crippen molar-refractivity contribution in [2.24, 2.45) is 0 Å². The molecule has 0 atom stereocenters. The SMILES string of the molecule is CCCN(c1nc(NCC)nc(-n2ccnc2)n1)C1CC1. The van der Waals surface area contributed by atoms with Gasteiger partial charge < -0.3 is 10.2 Å². The van der Waals surface area contributed by atoms with Crippen LogP contribution in [-0.2, 0) is 0 Å². The van der Waals surface area contributed by atoms with E-state index < -0.39 is 0 Å². The van der Waals surface area contributed by atoms with E-state index in [1.807, 2.05) is 17.7 Å². The summed E-state index contributed by atoms with van der Waals surface area (Å²) in [6.45, 7) is 5.97. The van der Waals surface area contributed by atoms with Gasteiger partial charge in [0.25, 0.3) is 0 Å². The van der Waals surface area contributed by atoms with Crippen molar-refractivity contribution in [1.82, 2.24) is 24.5 Å². The van der Waals surface area contributed by atoms with Gasteiger partial charge in [0.1, 0.15) is 6.33 Å². The van der Waals surface area contributed by atoms with Crippen LogP contribution in [0.3, 0.4) is 0 Å². The van der Waals surface area contributed by atoms with Gasteiger partial charge in [-0.15, -0.1) is 0 Å². The quantitative estimate of drug-likeness (QED) is 0.838. The Morgan fingerprint density at radius 3 is 2.76 bits per heavy atom. The number of imidazole rings is 1. The Kier molecular flexibility index (Phi) is 3.98. The number of hydrogen-bond donors (Lipinski definition) is 1. The molecule has 1 fully saturated rings. The van der Waals surface area contributed by atoms with E-state index in [1.54, 1.807) is 12.5 Å². The van der Waals surface area contributed by atoms with E-state index in [4.69, 9.17) is 0 Å². The number of nitrogens with zero attached hydrogens (tertiary/aromatic N) is 6. The van der Waals surface area contributed by atoms with Crippen molar-refractivity contribution in [3.63, 3.8) is 0 Å². The lowest BCUT2D eigenvalue weighted by molar-refractivity contribution is 0.725. The molecular formula is C14H21N7. The average Bonchev–Trinajstić information content (AvgIpc) is 3.17. The second kappa shape index (κ2) is 6.07. The summed E-state index contributed by atoms with van der Waals surface area (Å²) in [5.41, 5.74) is 0. The van der Waals surface area contributed by atoms with Gasteiger partial charge in [0.15, 0.2) is 0 Å². The maximum Gasteiger partial charge on any atom is 0.241 e. The first kappa shape index (κ1) is 13.8. The third kappa shape index (κ3) is 3.12. The van der Waals surface area contributed by atoms with Crippen LogP contribution in [0.2, 0.25) is 0 Å². The van der Waals surface area contributed by atoms with Gasteiger partial charge in [-0.2, -0.15) is 15.0 Å². The molecule has 2 aromatic rings. The summed E-state index contributed by atoms with van der Waals surface area (Å²) >= 11 is 0. The average molecular weight is 287 g/mol. The number of anilines is 2. The Morgan fingerprint density at radius 2 is 2.14 bits per heavy atom. The summed E-state index contributed by atoms with van der Waals surface area (Å²) in [7, 11) is 0. The summed E-state index contributed by atoms with van der Waals surface area (Å²) in [5, 5.41) is 3.18. The first-order valence-corrected chi connectivity index (χ1v) is 7.56. The minimum Gasteiger partial charge on any atom is -0.354 e. The normalized spacial score (nSPS) is 14.2. The highest BCUT2D eigenvalue weighted by atomic mass is 15.4. The smallest absolute Gasteiger partial charge is 0.241 e. The molecule has 0 saturated heterocycles. The standard InChI is InChI=1S/C14H21N7/c1-3-8-21(11-5-6-11)14-18-12(16-4-2)17-13(19-14)20-9-7-15-10-20/h7,9-11H,3-6,8H2,1-2H3,(H,16,17,18,19). The molecule has 1 saturated carbocycles. The third-order valence-electron chi connectivity index (χ3n) is 3.39. The largest absolute Gasteiger partial charge is 0.354 e. The zero-order valence-electron chi connectivity index (χ0n) is 12.5. The van der Waals surface area contributed by atoms with E-state index >= 15 is 0 Å². The van der Waals surface area contributed by atoms with Crippen molar-refractivity contribution < 1.29 is 0 Å². The molecule has 0 spiro atoms. The fraction of sp³-hybridized carbons (Fsp3) is 0.571. The summed E-state index contributed by atoms with van der Waals surface area (Å²) in [6.07, 6.45) is 8.80. The van der Waals surface area contributed by atoms with E-state index in [1.165, 1.54) is 12.8 Å². The zero-order valence-corrected chi connectivity index (χ0v) is 12.5. The molecule has 1 aliphatic rings. The number of hydrogen-bond acceptors (Lipinski definition) is 6. The second-order valence-corrected chi connectivity index (χ2v) is 5.18. The van der Waals surface area contributed by atoms with Crippen molar-refractivity contribution in [3.8, 4) is 5.95 Å². The molecule has 0 bridgehead atoms. The maximum absolute atomic E-state index is 4.62. The van der Waals surface area contributed by atoms with Crippen molar-refractivity contribution >= 4 is 11.9 Å². The highest BCUT2D eigenvalue weighted by Gasteiger charge is 2.31. The summed E-state index contributed by atoms with van der Waals surface area (Å²) in [6, 6.07) is 0.581. The molecule has 21 heavy (non-hydrogen) atoms. The molecule has 7 nitrogen and oxygen atoms in total. The summed E-state index contributed by atoms with van der Waals surface area (Å²) < 4.78 is 1.81. The predicted octanol–water partition coefficient (Wildman–Crippen LogP) is 1.87. The number of rotatable bonds is 7. The van der Waals surface area contributed by atoms with Crippen LogP contribution in [0.1, 0.15) is 33.1 Å². The molecule has 0 unspecified atom stereocenters. The van der Waals surface area contributed by atoms with Crippen LogP contribution >= 0.6 is 0 Å². The Labute approximate surface area is 124 Å². The fourth-order valence-corrected chi connectivity index (χ4v) is 2.29. The highest BCUT2D eigenvalue weighted by Crippen LogP contribution is 2.30. The van der Waals surface area contributed by atoms with Crippen molar-refractivity contribution in [1.29, 1.82) is 0 Å². The highest BCUT2D eigenvalue weighted by molar-refractivity contribution is 5.42. The Morgan fingerprint density at radius 1 is 1.29 bits per heavy atom. The van der Waals surface area contributed by atoms with Crippen LogP contribution in [0.25, 0.3) is 5.95 Å². The lowest BCUT2D eigenvalue weighted by Crippen LogP contribution is -2.29. The lowest BCUT2D eigenvalue weighted by Gasteiger charge is -2.22. The van der Waals surface area contributed by atoms with Gasteiger partial charge in [-0.25, -0.2) is 4.98 Å². The van der Waals surface area contributed by atoms with Crippen LogP contribution in [0.4, 0.5) is 11.9 Å². The second-order valence-electron chi connectivity index (χ2n) is 5.18. The molecule has 2 heterocycles. The molecule has 0 aliphatic heterocycles. The van der Waals surface area contributed by atoms with Crippen LogP contribution < -0.4 is 10.2 Å². The van der Waals surface area contributed by atoms with E-state index in [2.05, 4.69) is 37.1 Å². The van der Waals surface area contributed by atoms with Crippen LogP contribution in [0.5, 0.6) is 0 Å². The minimum atomic E-state index is 0.581. The molecule has 0 amide bonds. The van der Waals surface area contributed by atoms with Crippen LogP contribution in [-0.4, -0.2) is 43.6 Å². The fourth-order valence-electron chi connectivity index (χ4n) is 2.29. The molecule has 112 valence electrons. The van der Waals surface area contributed by atoms with Crippen LogP contribution in [0, 0.1) is 0 Å². The van der Waals surface area contributed by atoms with Crippen molar-refractivity contribution in [3.05, 3.63) is 18.7 Å². The number of nitrogens with one attached hydrogen (secondary N) is 1. The van der Waals surface area contributed by atoms with Gasteiger partial charge in [-0.3, -0.25) is 4.57 Å². The topological polar surface area (TPSA) is 71.8 Å². The van der Waals surface area contributed by atoms with E-state index in [9.17, 15) is 0 Å². The van der Waals surface area contributed by atoms with Gasteiger partial charge >= 0.3 is 0 Å². The van der Waals surface area contributed by atoms with Gasteiger partial charge in [0.05, 0.1) is 0 Å². The van der Waals surface area contributed by atoms with Crippen LogP contribution in [0.15, 0.2) is 18.7 Å². The Hall–Kier alpha value is -2.18. The number of aromatic nitrogens is 5. The predicted molar refractivity (Wildman–Crippen MR) is 81.8 cm³/mol. The zero-order chi connectivity index (χ0) is 14.7. The molecule has 3 rings (SSSR count). The molecule has 1 N–H and O–H groups in total. The monoisotopic (exact) mass is 287 g/mol. The third-order valence-corrected chi connectivity index (χ3v) is 3.39.